The molecule has 1 fully saturated rings. The Morgan fingerprint density at radius 2 is 2.00 bits per heavy atom. The number of carbonyl (C=O) groups is 2. The monoisotopic (exact) mass is 338 g/mol. The maximum atomic E-state index is 12.6. The third-order valence-corrected chi connectivity index (χ3v) is 4.16. The minimum atomic E-state index is -0.720. The van der Waals surface area contributed by atoms with Crippen LogP contribution in [-0.4, -0.2) is 36.0 Å². The van der Waals surface area contributed by atoms with Gasteiger partial charge in [-0.1, -0.05) is 42.5 Å². The summed E-state index contributed by atoms with van der Waals surface area (Å²) in [6.07, 6.45) is -0.694. The third kappa shape index (κ3) is 4.67. The van der Waals surface area contributed by atoms with Crippen molar-refractivity contribution in [1.29, 1.82) is 0 Å². The number of carbonyl (C=O) groups excluding carboxylic acids is 2. The molecule has 0 radical (unpaired) electrons. The van der Waals surface area contributed by atoms with Crippen LogP contribution in [0, 0.1) is 6.92 Å². The van der Waals surface area contributed by atoms with Gasteiger partial charge in [0.1, 0.15) is 6.10 Å². The van der Waals surface area contributed by atoms with Crippen LogP contribution in [-0.2, 0) is 20.9 Å². The summed E-state index contributed by atoms with van der Waals surface area (Å²) in [5, 5.41) is 2.83. The van der Waals surface area contributed by atoms with E-state index >= 15 is 0 Å². The molecular weight excluding hydrogens is 316 g/mol. The topological polar surface area (TPSA) is 58.6 Å². The molecule has 2 aromatic carbocycles. The predicted octanol–water partition coefficient (Wildman–Crippen LogP) is 2.75. The molecule has 1 saturated heterocycles. The van der Waals surface area contributed by atoms with Gasteiger partial charge in [-0.3, -0.25) is 9.59 Å². The van der Waals surface area contributed by atoms with E-state index in [2.05, 4.69) is 5.32 Å². The Morgan fingerprint density at radius 3 is 2.76 bits per heavy atom. The molecule has 0 saturated carbocycles. The van der Waals surface area contributed by atoms with Gasteiger partial charge in [-0.25, -0.2) is 0 Å². The Kier molecular flexibility index (Phi) is 5.46. The van der Waals surface area contributed by atoms with Crippen molar-refractivity contribution in [3.05, 3.63) is 65.7 Å². The van der Waals surface area contributed by atoms with Gasteiger partial charge < -0.3 is 15.0 Å². The van der Waals surface area contributed by atoms with Crippen molar-refractivity contribution in [1.82, 2.24) is 4.90 Å². The Balaban J connectivity index is 1.58. The number of amides is 2. The molecule has 2 amide bonds. The number of rotatable bonds is 5. The number of benzene rings is 2. The molecule has 1 aliphatic rings. The Hall–Kier alpha value is -2.66. The first kappa shape index (κ1) is 17.2. The standard InChI is InChI=1S/C20H22N2O3/c1-15-6-5-9-17(12-15)21-19(23)13-18-20(24)22(10-11-25-18)14-16-7-3-2-4-8-16/h2-9,12,18H,10-11,13-14H2,1H3,(H,21,23)/t18-/m0/s1. The van der Waals surface area contributed by atoms with E-state index in [0.717, 1.165) is 16.8 Å². The van der Waals surface area contributed by atoms with Gasteiger partial charge in [0.25, 0.3) is 5.91 Å². The quantitative estimate of drug-likeness (QED) is 0.912. The molecule has 0 aromatic heterocycles. The van der Waals surface area contributed by atoms with Crippen LogP contribution in [0.4, 0.5) is 5.69 Å². The van der Waals surface area contributed by atoms with E-state index in [-0.39, 0.29) is 18.2 Å². The second-order valence-electron chi connectivity index (χ2n) is 6.23. The molecule has 1 N–H and O–H groups in total. The first-order valence-corrected chi connectivity index (χ1v) is 8.42. The summed E-state index contributed by atoms with van der Waals surface area (Å²) in [5.41, 5.74) is 2.87. The fraction of sp³-hybridized carbons (Fsp3) is 0.300. The number of anilines is 1. The van der Waals surface area contributed by atoms with Crippen molar-refractivity contribution in [3.8, 4) is 0 Å². The average molecular weight is 338 g/mol. The summed E-state index contributed by atoms with van der Waals surface area (Å²) < 4.78 is 5.54. The van der Waals surface area contributed by atoms with Gasteiger partial charge in [0.05, 0.1) is 13.0 Å². The highest BCUT2D eigenvalue weighted by Crippen LogP contribution is 2.16. The Bertz CT molecular complexity index is 746. The van der Waals surface area contributed by atoms with Crippen LogP contribution in [0.5, 0.6) is 0 Å². The van der Waals surface area contributed by atoms with Crippen LogP contribution in [0.25, 0.3) is 0 Å². The number of hydrogen-bond donors (Lipinski definition) is 1. The van der Waals surface area contributed by atoms with E-state index in [0.29, 0.717) is 19.7 Å². The lowest BCUT2D eigenvalue weighted by Gasteiger charge is -2.32. The van der Waals surface area contributed by atoms with Crippen LogP contribution in [0.1, 0.15) is 17.5 Å². The zero-order valence-electron chi connectivity index (χ0n) is 14.3. The van der Waals surface area contributed by atoms with Crippen LogP contribution < -0.4 is 5.32 Å². The van der Waals surface area contributed by atoms with Gasteiger partial charge in [-0.05, 0) is 30.2 Å². The third-order valence-electron chi connectivity index (χ3n) is 4.16. The van der Waals surface area contributed by atoms with Gasteiger partial charge in [-0.2, -0.15) is 0 Å². The summed E-state index contributed by atoms with van der Waals surface area (Å²) in [7, 11) is 0. The summed E-state index contributed by atoms with van der Waals surface area (Å²) in [4.78, 5) is 26.6. The van der Waals surface area contributed by atoms with E-state index < -0.39 is 6.10 Å². The van der Waals surface area contributed by atoms with E-state index in [1.54, 1.807) is 4.90 Å². The molecule has 5 nitrogen and oxygen atoms in total. The molecule has 0 aliphatic carbocycles. The zero-order chi connectivity index (χ0) is 17.6. The minimum Gasteiger partial charge on any atom is -0.366 e. The second-order valence-corrected chi connectivity index (χ2v) is 6.23. The molecule has 25 heavy (non-hydrogen) atoms. The first-order valence-electron chi connectivity index (χ1n) is 8.42. The highest BCUT2D eigenvalue weighted by Gasteiger charge is 2.31. The lowest BCUT2D eigenvalue weighted by atomic mass is 10.1. The first-order chi connectivity index (χ1) is 12.1. The second kappa shape index (κ2) is 7.94. The van der Waals surface area contributed by atoms with Crippen LogP contribution >= 0.6 is 0 Å². The molecule has 1 aliphatic heterocycles. The van der Waals surface area contributed by atoms with Crippen molar-refractivity contribution in [3.63, 3.8) is 0 Å². The number of ether oxygens (including phenoxy) is 1. The summed E-state index contributed by atoms with van der Waals surface area (Å²) >= 11 is 0. The van der Waals surface area contributed by atoms with Gasteiger partial charge in [-0.15, -0.1) is 0 Å². The number of nitrogens with zero attached hydrogens (tertiary/aromatic N) is 1. The summed E-state index contributed by atoms with van der Waals surface area (Å²) in [5.74, 6) is -0.347. The van der Waals surface area contributed by atoms with Crippen molar-refractivity contribution in [2.24, 2.45) is 0 Å². The van der Waals surface area contributed by atoms with Crippen LogP contribution in [0.2, 0.25) is 0 Å². The largest absolute Gasteiger partial charge is 0.366 e. The molecule has 1 atom stereocenters. The van der Waals surface area contributed by atoms with Crippen molar-refractivity contribution in [2.45, 2.75) is 26.0 Å². The molecule has 1 heterocycles. The van der Waals surface area contributed by atoms with E-state index in [1.807, 2.05) is 61.5 Å². The molecule has 5 heteroatoms. The molecule has 3 rings (SSSR count). The molecule has 0 unspecified atom stereocenters. The minimum absolute atomic E-state index is 0.0259. The number of nitrogens with one attached hydrogen (secondary N) is 1. The lowest BCUT2D eigenvalue weighted by Crippen LogP contribution is -2.48. The van der Waals surface area contributed by atoms with Crippen molar-refractivity contribution >= 4 is 17.5 Å². The smallest absolute Gasteiger partial charge is 0.252 e. The highest BCUT2D eigenvalue weighted by molar-refractivity contribution is 5.95. The fourth-order valence-corrected chi connectivity index (χ4v) is 2.90. The Labute approximate surface area is 147 Å². The molecule has 130 valence electrons. The van der Waals surface area contributed by atoms with E-state index in [4.69, 9.17) is 4.74 Å². The number of hydrogen-bond acceptors (Lipinski definition) is 3. The summed E-state index contributed by atoms with van der Waals surface area (Å²) in [6.45, 7) is 3.49. The van der Waals surface area contributed by atoms with Gasteiger partial charge in [0.15, 0.2) is 0 Å². The number of morpholine rings is 1. The number of aryl methyl sites for hydroxylation is 1. The average Bonchev–Trinajstić information content (AvgIpc) is 2.59. The van der Waals surface area contributed by atoms with Crippen LogP contribution in [0.3, 0.4) is 0 Å². The molecular formula is C20H22N2O3. The van der Waals surface area contributed by atoms with Crippen molar-refractivity contribution in [2.75, 3.05) is 18.5 Å². The Morgan fingerprint density at radius 1 is 1.20 bits per heavy atom. The van der Waals surface area contributed by atoms with Gasteiger partial charge in [0.2, 0.25) is 5.91 Å². The van der Waals surface area contributed by atoms with E-state index in [9.17, 15) is 9.59 Å². The molecule has 0 spiro atoms. The van der Waals surface area contributed by atoms with Crippen molar-refractivity contribution < 1.29 is 14.3 Å². The molecule has 0 bridgehead atoms. The highest BCUT2D eigenvalue weighted by atomic mass is 16.5. The van der Waals surface area contributed by atoms with Gasteiger partial charge >= 0.3 is 0 Å². The lowest BCUT2D eigenvalue weighted by molar-refractivity contribution is -0.155. The normalized spacial score (nSPS) is 17.4. The zero-order valence-corrected chi connectivity index (χ0v) is 14.3. The predicted molar refractivity (Wildman–Crippen MR) is 96.0 cm³/mol. The fourth-order valence-electron chi connectivity index (χ4n) is 2.90. The van der Waals surface area contributed by atoms with Gasteiger partial charge in [0, 0.05) is 18.8 Å². The maximum absolute atomic E-state index is 12.6. The molecule has 2 aromatic rings. The van der Waals surface area contributed by atoms with E-state index in [1.165, 1.54) is 0 Å². The summed E-state index contributed by atoms with van der Waals surface area (Å²) in [6, 6.07) is 17.4. The van der Waals surface area contributed by atoms with Crippen LogP contribution in [0.15, 0.2) is 54.6 Å². The SMILES string of the molecule is Cc1cccc(NC(=O)C[C@@H]2OCCN(Cc3ccccc3)C2=O)c1. The maximum Gasteiger partial charge on any atom is 0.252 e.